The smallest absolute Gasteiger partial charge is 0.0150 e. The predicted molar refractivity (Wildman–Crippen MR) is 119 cm³/mol. The van der Waals surface area contributed by atoms with Gasteiger partial charge in [-0.2, -0.15) is 0 Å². The summed E-state index contributed by atoms with van der Waals surface area (Å²) in [6.07, 6.45) is 12.0. The molecule has 1 saturated carbocycles. The quantitative estimate of drug-likeness (QED) is 0.445. The normalized spacial score (nSPS) is 21.1. The van der Waals surface area contributed by atoms with Gasteiger partial charge in [0.05, 0.1) is 0 Å². The molecule has 2 aromatic rings. The Bertz CT molecular complexity index is 656. The van der Waals surface area contributed by atoms with Crippen LogP contribution in [0.2, 0.25) is 0 Å². The molecule has 146 valence electrons. The van der Waals surface area contributed by atoms with Crippen molar-refractivity contribution < 1.29 is 0 Å². The lowest BCUT2D eigenvalue weighted by molar-refractivity contribution is 0.308. The Hall–Kier alpha value is -1.56. The highest BCUT2D eigenvalue weighted by atomic mass is 14.3. The molecule has 3 rings (SSSR count). The maximum atomic E-state index is 2.42. The Labute approximate surface area is 167 Å². The summed E-state index contributed by atoms with van der Waals surface area (Å²) in [5.74, 6) is 2.37. The third-order valence-corrected chi connectivity index (χ3v) is 6.62. The molecule has 0 unspecified atom stereocenters. The summed E-state index contributed by atoms with van der Waals surface area (Å²) in [5.41, 5.74) is 5.98. The highest BCUT2D eigenvalue weighted by Crippen LogP contribution is 2.37. The van der Waals surface area contributed by atoms with Crippen molar-refractivity contribution in [2.75, 3.05) is 0 Å². The zero-order valence-electron chi connectivity index (χ0n) is 17.7. The van der Waals surface area contributed by atoms with Crippen LogP contribution in [0.1, 0.15) is 99.8 Å². The third-order valence-electron chi connectivity index (χ3n) is 6.62. The average Bonchev–Trinajstić information content (AvgIpc) is 2.71. The number of aryl methyl sites for hydroxylation is 1. The second-order valence-corrected chi connectivity index (χ2v) is 8.84. The molecule has 0 N–H and O–H groups in total. The minimum Gasteiger partial charge on any atom is -0.0654 e. The van der Waals surface area contributed by atoms with Crippen LogP contribution < -0.4 is 0 Å². The zero-order valence-corrected chi connectivity index (χ0v) is 17.7. The lowest BCUT2D eigenvalue weighted by Gasteiger charge is -2.28. The van der Waals surface area contributed by atoms with Gasteiger partial charge in [-0.15, -0.1) is 0 Å². The van der Waals surface area contributed by atoms with Crippen LogP contribution in [0.3, 0.4) is 0 Å². The lowest BCUT2D eigenvalue weighted by Crippen LogP contribution is -2.13. The van der Waals surface area contributed by atoms with Crippen LogP contribution in [0.4, 0.5) is 0 Å². The molecule has 0 aromatic heterocycles. The Morgan fingerprint density at radius 2 is 1.41 bits per heavy atom. The molecule has 1 aliphatic carbocycles. The summed E-state index contributed by atoms with van der Waals surface area (Å²) in [6, 6.07) is 18.9. The van der Waals surface area contributed by atoms with E-state index in [-0.39, 0.29) is 0 Å². The van der Waals surface area contributed by atoms with E-state index >= 15 is 0 Å². The van der Waals surface area contributed by atoms with Gasteiger partial charge in [-0.3, -0.25) is 0 Å². The average molecular weight is 363 g/mol. The number of hydrogen-bond donors (Lipinski definition) is 0. The van der Waals surface area contributed by atoms with Crippen molar-refractivity contribution in [2.45, 2.75) is 90.4 Å². The van der Waals surface area contributed by atoms with Crippen molar-refractivity contribution in [3.8, 4) is 0 Å². The Kier molecular flexibility index (Phi) is 7.56. The molecule has 1 atom stereocenters. The summed E-state index contributed by atoms with van der Waals surface area (Å²) >= 11 is 0. The first-order valence-corrected chi connectivity index (χ1v) is 11.4. The van der Waals surface area contributed by atoms with Gasteiger partial charge in [-0.25, -0.2) is 0 Å². The van der Waals surface area contributed by atoms with E-state index in [1.807, 2.05) is 0 Å². The summed E-state index contributed by atoms with van der Waals surface area (Å²) in [7, 11) is 0. The van der Waals surface area contributed by atoms with Crippen LogP contribution in [0.15, 0.2) is 48.5 Å². The molecule has 0 radical (unpaired) electrons. The van der Waals surface area contributed by atoms with Crippen molar-refractivity contribution in [3.63, 3.8) is 0 Å². The van der Waals surface area contributed by atoms with Crippen molar-refractivity contribution in [2.24, 2.45) is 5.92 Å². The van der Waals surface area contributed by atoms with E-state index in [2.05, 4.69) is 69.3 Å². The molecule has 0 saturated heterocycles. The fourth-order valence-corrected chi connectivity index (χ4v) is 4.89. The van der Waals surface area contributed by atoms with Crippen LogP contribution >= 0.6 is 0 Å². The second kappa shape index (κ2) is 10.1. The summed E-state index contributed by atoms with van der Waals surface area (Å²) < 4.78 is 0. The van der Waals surface area contributed by atoms with Crippen molar-refractivity contribution >= 4 is 0 Å². The molecule has 0 bridgehead atoms. The first-order valence-electron chi connectivity index (χ1n) is 11.4. The van der Waals surface area contributed by atoms with Crippen LogP contribution in [0.25, 0.3) is 0 Å². The van der Waals surface area contributed by atoms with Crippen LogP contribution in [-0.2, 0) is 12.8 Å². The highest BCUT2D eigenvalue weighted by molar-refractivity contribution is 5.30. The first kappa shape index (κ1) is 20.2. The lowest BCUT2D eigenvalue weighted by atomic mass is 9.77. The van der Waals surface area contributed by atoms with Gasteiger partial charge in [0.25, 0.3) is 0 Å². The van der Waals surface area contributed by atoms with E-state index in [0.717, 1.165) is 18.3 Å². The maximum Gasteiger partial charge on any atom is -0.0150 e. The highest BCUT2D eigenvalue weighted by Gasteiger charge is 2.21. The summed E-state index contributed by atoms with van der Waals surface area (Å²) in [5, 5.41) is 0. The minimum absolute atomic E-state index is 0.580. The first-order chi connectivity index (χ1) is 13.2. The number of rotatable bonds is 8. The molecule has 0 heteroatoms. The molecule has 2 aromatic carbocycles. The van der Waals surface area contributed by atoms with Crippen LogP contribution in [-0.4, -0.2) is 0 Å². The van der Waals surface area contributed by atoms with Gasteiger partial charge in [0.2, 0.25) is 0 Å². The molecule has 0 nitrogen and oxygen atoms in total. The number of hydrogen-bond acceptors (Lipinski definition) is 0. The SMILES string of the molecule is CCCc1ccc(C[C@@H](C)c2ccc(C3CCC(CCC)CC3)cc2)cc1. The molecule has 1 fully saturated rings. The van der Waals surface area contributed by atoms with Crippen LogP contribution in [0.5, 0.6) is 0 Å². The standard InChI is InChI=1S/C27H38/c1-4-6-22-8-10-24(11-9-22)20-21(3)25-16-18-27(19-17-25)26-14-12-23(7-5-2)13-15-26/h8-11,16-19,21,23,26H,4-7,12-15,20H2,1-3H3/t21-,23?,26?/m1/s1. The fraction of sp³-hybridized carbons (Fsp3) is 0.556. The molecule has 0 aliphatic heterocycles. The van der Waals surface area contributed by atoms with E-state index in [9.17, 15) is 0 Å². The molecule has 27 heavy (non-hydrogen) atoms. The molecule has 0 spiro atoms. The number of benzene rings is 2. The van der Waals surface area contributed by atoms with Crippen LogP contribution in [0, 0.1) is 5.92 Å². The van der Waals surface area contributed by atoms with Crippen molar-refractivity contribution in [1.29, 1.82) is 0 Å². The minimum atomic E-state index is 0.580. The van der Waals surface area contributed by atoms with E-state index in [4.69, 9.17) is 0 Å². The van der Waals surface area contributed by atoms with Gasteiger partial charge in [0, 0.05) is 0 Å². The molecule has 0 amide bonds. The van der Waals surface area contributed by atoms with E-state index < -0.39 is 0 Å². The topological polar surface area (TPSA) is 0 Å². The second-order valence-electron chi connectivity index (χ2n) is 8.84. The van der Waals surface area contributed by atoms with Crippen molar-refractivity contribution in [1.82, 2.24) is 0 Å². The molecular formula is C27H38. The van der Waals surface area contributed by atoms with E-state index in [0.29, 0.717) is 5.92 Å². The third kappa shape index (κ3) is 5.71. The Morgan fingerprint density at radius 1 is 0.778 bits per heavy atom. The van der Waals surface area contributed by atoms with Gasteiger partial charge in [0.15, 0.2) is 0 Å². The molecule has 1 aliphatic rings. The summed E-state index contributed by atoms with van der Waals surface area (Å²) in [6.45, 7) is 6.94. The van der Waals surface area contributed by atoms with Gasteiger partial charge < -0.3 is 0 Å². The predicted octanol–water partition coefficient (Wildman–Crippen LogP) is 8.06. The Morgan fingerprint density at radius 3 is 2.00 bits per heavy atom. The monoisotopic (exact) mass is 362 g/mol. The van der Waals surface area contributed by atoms with Gasteiger partial charge in [-0.05, 0) is 78.5 Å². The fourth-order valence-electron chi connectivity index (χ4n) is 4.89. The van der Waals surface area contributed by atoms with Gasteiger partial charge in [-0.1, -0.05) is 88.6 Å². The van der Waals surface area contributed by atoms with E-state index in [1.54, 1.807) is 5.56 Å². The zero-order chi connectivity index (χ0) is 19.1. The molecular weight excluding hydrogens is 324 g/mol. The van der Waals surface area contributed by atoms with Gasteiger partial charge >= 0.3 is 0 Å². The summed E-state index contributed by atoms with van der Waals surface area (Å²) in [4.78, 5) is 0. The maximum absolute atomic E-state index is 2.42. The largest absolute Gasteiger partial charge is 0.0654 e. The Balaban J connectivity index is 1.55. The van der Waals surface area contributed by atoms with E-state index in [1.165, 1.54) is 68.1 Å². The molecule has 0 heterocycles. The van der Waals surface area contributed by atoms with Gasteiger partial charge in [0.1, 0.15) is 0 Å². The van der Waals surface area contributed by atoms with Crippen molar-refractivity contribution in [3.05, 3.63) is 70.8 Å².